The smallest absolute Gasteiger partial charge is 0.267 e. The minimum atomic E-state index is -0.160. The van der Waals surface area contributed by atoms with Gasteiger partial charge in [0.05, 0.1) is 28.6 Å². The van der Waals surface area contributed by atoms with Gasteiger partial charge in [0.25, 0.3) is 5.56 Å². The van der Waals surface area contributed by atoms with Crippen LogP contribution in [0.2, 0.25) is 0 Å². The van der Waals surface area contributed by atoms with Crippen LogP contribution in [-0.4, -0.2) is 33.6 Å². The van der Waals surface area contributed by atoms with E-state index in [1.54, 1.807) is 6.33 Å². The molecule has 8 heteroatoms. The Labute approximate surface area is 203 Å². The third-order valence-electron chi connectivity index (χ3n) is 6.66. The molecule has 176 valence electrons. The molecule has 4 heterocycles. The lowest BCUT2D eigenvalue weighted by atomic mass is 10.1. The van der Waals surface area contributed by atoms with Crippen molar-refractivity contribution in [1.82, 2.24) is 33.6 Å². The molecule has 0 atom stereocenters. The van der Waals surface area contributed by atoms with Crippen molar-refractivity contribution in [1.29, 1.82) is 0 Å². The van der Waals surface area contributed by atoms with Gasteiger partial charge in [-0.3, -0.25) is 9.36 Å². The highest BCUT2D eigenvalue weighted by Gasteiger charge is 2.26. The Hall–Kier alpha value is -4.07. The number of hydrogen-bond acceptors (Lipinski definition) is 5. The average Bonchev–Trinajstić information content (AvgIpc) is 3.44. The number of fused-ring (bicyclic) bond motifs is 1. The van der Waals surface area contributed by atoms with E-state index in [1.165, 1.54) is 17.4 Å². The van der Waals surface area contributed by atoms with E-state index < -0.39 is 0 Å². The number of aryl methyl sites for hydroxylation is 2. The summed E-state index contributed by atoms with van der Waals surface area (Å²) in [5.74, 6) is 1.87. The second-order valence-corrected chi connectivity index (χ2v) is 9.62. The first-order valence-corrected chi connectivity index (χ1v) is 12.0. The zero-order valence-corrected chi connectivity index (χ0v) is 20.3. The molecule has 1 aromatic carbocycles. The number of pyridine rings is 1. The van der Waals surface area contributed by atoms with Crippen LogP contribution in [0.3, 0.4) is 0 Å². The van der Waals surface area contributed by atoms with Crippen LogP contribution in [0.15, 0.2) is 60.2 Å². The van der Waals surface area contributed by atoms with E-state index in [1.807, 2.05) is 61.3 Å². The first kappa shape index (κ1) is 21.5. The summed E-state index contributed by atoms with van der Waals surface area (Å²) >= 11 is 0. The molecule has 5 aromatic rings. The van der Waals surface area contributed by atoms with Gasteiger partial charge in [-0.25, -0.2) is 19.9 Å². The fourth-order valence-corrected chi connectivity index (χ4v) is 4.73. The SMILES string of the molecule is Cc1cc2ncn(-c3cccc(-c4ncc(C)n4C(C)C)n3)c(=O)c2cc1-n1cnc(C2CC2)c1. The second-order valence-electron chi connectivity index (χ2n) is 9.62. The lowest BCUT2D eigenvalue weighted by Crippen LogP contribution is -2.20. The van der Waals surface area contributed by atoms with Crippen LogP contribution < -0.4 is 5.56 Å². The molecule has 1 saturated carbocycles. The van der Waals surface area contributed by atoms with Gasteiger partial charge >= 0.3 is 0 Å². The van der Waals surface area contributed by atoms with E-state index >= 15 is 0 Å². The Bertz CT molecular complexity index is 1640. The fourth-order valence-electron chi connectivity index (χ4n) is 4.73. The van der Waals surface area contributed by atoms with Gasteiger partial charge in [-0.2, -0.15) is 0 Å². The lowest BCUT2D eigenvalue weighted by molar-refractivity contribution is 0.591. The maximum absolute atomic E-state index is 13.6. The molecule has 1 aliphatic rings. The van der Waals surface area contributed by atoms with Crippen molar-refractivity contribution < 1.29 is 0 Å². The van der Waals surface area contributed by atoms with Crippen LogP contribution in [0.5, 0.6) is 0 Å². The summed E-state index contributed by atoms with van der Waals surface area (Å²) < 4.78 is 5.65. The summed E-state index contributed by atoms with van der Waals surface area (Å²) in [6.07, 6.45) is 9.71. The summed E-state index contributed by atoms with van der Waals surface area (Å²) in [6, 6.07) is 9.75. The molecule has 0 saturated heterocycles. The predicted octanol–water partition coefficient (Wildman–Crippen LogP) is 4.91. The van der Waals surface area contributed by atoms with Crippen molar-refractivity contribution in [2.75, 3.05) is 0 Å². The highest BCUT2D eigenvalue weighted by atomic mass is 16.1. The maximum Gasteiger partial charge on any atom is 0.267 e. The van der Waals surface area contributed by atoms with Gasteiger partial charge in [-0.1, -0.05) is 6.07 Å². The first-order chi connectivity index (χ1) is 16.9. The highest BCUT2D eigenvalue weighted by molar-refractivity contribution is 5.81. The summed E-state index contributed by atoms with van der Waals surface area (Å²) in [4.78, 5) is 32.1. The predicted molar refractivity (Wildman–Crippen MR) is 135 cm³/mol. The Morgan fingerprint density at radius 1 is 1.03 bits per heavy atom. The van der Waals surface area contributed by atoms with Crippen molar-refractivity contribution in [2.45, 2.75) is 52.5 Å². The number of nitrogens with zero attached hydrogens (tertiary/aromatic N) is 7. The fraction of sp³-hybridized carbons (Fsp3) is 0.296. The van der Waals surface area contributed by atoms with Gasteiger partial charge in [-0.15, -0.1) is 0 Å². The summed E-state index contributed by atoms with van der Waals surface area (Å²) in [7, 11) is 0. The van der Waals surface area contributed by atoms with Crippen molar-refractivity contribution >= 4 is 10.9 Å². The number of imidazole rings is 2. The Balaban J connectivity index is 1.46. The third kappa shape index (κ3) is 3.65. The molecule has 0 spiro atoms. The topological polar surface area (TPSA) is 83.4 Å². The van der Waals surface area contributed by atoms with Crippen LogP contribution in [0, 0.1) is 13.8 Å². The van der Waals surface area contributed by atoms with Gasteiger partial charge in [0.1, 0.15) is 17.8 Å². The molecule has 8 nitrogen and oxygen atoms in total. The summed E-state index contributed by atoms with van der Waals surface area (Å²) in [5, 5.41) is 0.543. The Morgan fingerprint density at radius 2 is 1.86 bits per heavy atom. The van der Waals surface area contributed by atoms with E-state index in [-0.39, 0.29) is 11.6 Å². The third-order valence-corrected chi connectivity index (χ3v) is 6.66. The van der Waals surface area contributed by atoms with Crippen LogP contribution in [0.4, 0.5) is 0 Å². The van der Waals surface area contributed by atoms with Crippen LogP contribution in [0.25, 0.3) is 33.9 Å². The molecule has 0 unspecified atom stereocenters. The Kier molecular flexibility index (Phi) is 4.91. The molecule has 0 N–H and O–H groups in total. The van der Waals surface area contributed by atoms with Gasteiger partial charge in [0.2, 0.25) is 0 Å². The quantitative estimate of drug-likeness (QED) is 0.368. The monoisotopic (exact) mass is 465 g/mol. The Morgan fingerprint density at radius 3 is 2.63 bits per heavy atom. The van der Waals surface area contributed by atoms with E-state index in [9.17, 15) is 4.79 Å². The zero-order valence-electron chi connectivity index (χ0n) is 20.3. The normalized spacial score (nSPS) is 13.7. The second kappa shape index (κ2) is 8.01. The lowest BCUT2D eigenvalue weighted by Gasteiger charge is -2.14. The van der Waals surface area contributed by atoms with Crippen molar-refractivity contribution in [3.05, 3.63) is 82.7 Å². The average molecular weight is 466 g/mol. The van der Waals surface area contributed by atoms with Gasteiger partial charge in [0.15, 0.2) is 5.82 Å². The van der Waals surface area contributed by atoms with E-state index in [4.69, 9.17) is 4.98 Å². The largest absolute Gasteiger partial charge is 0.325 e. The van der Waals surface area contributed by atoms with Crippen LogP contribution in [0.1, 0.15) is 55.6 Å². The molecule has 35 heavy (non-hydrogen) atoms. The first-order valence-electron chi connectivity index (χ1n) is 12.0. The zero-order chi connectivity index (χ0) is 24.3. The molecule has 0 bridgehead atoms. The molecule has 1 aliphatic carbocycles. The molecule has 4 aromatic heterocycles. The number of aromatic nitrogens is 7. The standard InChI is InChI=1S/C27H27N7O/c1-16(2)34-18(4)12-28-26(34)21-6-5-7-25(31-21)33-15-30-22-10-17(3)24(11-20(22)27(33)35)32-13-23(29-14-32)19-8-9-19/h5-7,10-16,19H,8-9H2,1-4H3. The highest BCUT2D eigenvalue weighted by Crippen LogP contribution is 2.39. The number of rotatable bonds is 5. The minimum absolute atomic E-state index is 0.160. The van der Waals surface area contributed by atoms with E-state index in [0.29, 0.717) is 28.3 Å². The molecule has 1 fully saturated rings. The number of benzene rings is 1. The molecular weight excluding hydrogens is 438 g/mol. The van der Waals surface area contributed by atoms with Crippen LogP contribution >= 0.6 is 0 Å². The van der Waals surface area contributed by atoms with E-state index in [2.05, 4.69) is 39.6 Å². The molecular formula is C27H27N7O. The van der Waals surface area contributed by atoms with Crippen LogP contribution in [-0.2, 0) is 0 Å². The van der Waals surface area contributed by atoms with Crippen molar-refractivity contribution in [2.24, 2.45) is 0 Å². The number of hydrogen-bond donors (Lipinski definition) is 0. The molecule has 0 radical (unpaired) electrons. The minimum Gasteiger partial charge on any atom is -0.325 e. The maximum atomic E-state index is 13.6. The summed E-state index contributed by atoms with van der Waals surface area (Å²) in [6.45, 7) is 8.30. The van der Waals surface area contributed by atoms with Gasteiger partial charge in [0, 0.05) is 30.0 Å². The van der Waals surface area contributed by atoms with E-state index in [0.717, 1.165) is 28.5 Å². The van der Waals surface area contributed by atoms with Gasteiger partial charge in [-0.05, 0) is 70.4 Å². The molecule has 6 rings (SSSR count). The summed E-state index contributed by atoms with van der Waals surface area (Å²) in [5.41, 5.74) is 5.38. The van der Waals surface area contributed by atoms with Crippen molar-refractivity contribution in [3.63, 3.8) is 0 Å². The molecule has 0 amide bonds. The molecule has 0 aliphatic heterocycles. The van der Waals surface area contributed by atoms with Gasteiger partial charge < -0.3 is 9.13 Å². The van der Waals surface area contributed by atoms with Crippen molar-refractivity contribution in [3.8, 4) is 23.0 Å².